The molecule has 1 aliphatic rings. The standard InChI is InChI=1S/C23H28N6O4S/c1-5-18-6-7-19(14-20(18)34(31,32)28-8-10-33-11-9-28)22(30)26-21-13-17(4)27-29(21)23-24-15(2)12-16(3)25-23/h6-7,12-14H,5,8-11H2,1-4H3,(H,26,30). The zero-order valence-electron chi connectivity index (χ0n) is 19.7. The maximum Gasteiger partial charge on any atom is 0.256 e. The first-order chi connectivity index (χ1) is 16.2. The summed E-state index contributed by atoms with van der Waals surface area (Å²) in [4.78, 5) is 22.2. The Morgan fingerprint density at radius 2 is 1.71 bits per heavy atom. The molecular formula is C23H28N6O4S. The van der Waals surface area contributed by atoms with E-state index in [9.17, 15) is 13.2 Å². The van der Waals surface area contributed by atoms with Crippen LogP contribution in [0.2, 0.25) is 0 Å². The molecule has 0 bridgehead atoms. The zero-order chi connectivity index (χ0) is 24.5. The largest absolute Gasteiger partial charge is 0.379 e. The minimum atomic E-state index is -3.75. The molecule has 3 aromatic rings. The molecule has 0 radical (unpaired) electrons. The highest BCUT2D eigenvalue weighted by Crippen LogP contribution is 2.24. The van der Waals surface area contributed by atoms with Crippen LogP contribution in [0.4, 0.5) is 5.82 Å². The molecular weight excluding hydrogens is 456 g/mol. The second kappa shape index (κ2) is 9.61. The van der Waals surface area contributed by atoms with E-state index in [1.165, 1.54) is 15.1 Å². The van der Waals surface area contributed by atoms with E-state index < -0.39 is 15.9 Å². The minimum Gasteiger partial charge on any atom is -0.379 e. The number of carbonyl (C=O) groups excluding carboxylic acids is 1. The van der Waals surface area contributed by atoms with Crippen molar-refractivity contribution in [1.82, 2.24) is 24.1 Å². The smallest absolute Gasteiger partial charge is 0.256 e. The van der Waals surface area contributed by atoms with Gasteiger partial charge in [-0.1, -0.05) is 13.0 Å². The highest BCUT2D eigenvalue weighted by Gasteiger charge is 2.29. The fourth-order valence-corrected chi connectivity index (χ4v) is 5.61. The molecule has 1 N–H and O–H groups in total. The van der Waals surface area contributed by atoms with Crippen LogP contribution in [0.25, 0.3) is 5.95 Å². The van der Waals surface area contributed by atoms with Crippen LogP contribution in [-0.4, -0.2) is 64.7 Å². The first-order valence-corrected chi connectivity index (χ1v) is 12.5. The summed E-state index contributed by atoms with van der Waals surface area (Å²) >= 11 is 0. The van der Waals surface area contributed by atoms with E-state index in [1.807, 2.05) is 26.8 Å². The van der Waals surface area contributed by atoms with Crippen molar-refractivity contribution in [2.24, 2.45) is 0 Å². The molecule has 0 atom stereocenters. The van der Waals surface area contributed by atoms with Crippen LogP contribution in [0.3, 0.4) is 0 Å². The number of benzene rings is 1. The summed E-state index contributed by atoms with van der Waals surface area (Å²) in [6.07, 6.45) is 0.525. The molecule has 0 unspecified atom stereocenters. The van der Waals surface area contributed by atoms with Gasteiger partial charge in [-0.05, 0) is 51.0 Å². The third-order valence-corrected chi connectivity index (χ3v) is 7.51. The number of rotatable bonds is 6. The lowest BCUT2D eigenvalue weighted by Gasteiger charge is -2.27. The molecule has 0 spiro atoms. The number of ether oxygens (including phenoxy) is 1. The first kappa shape index (κ1) is 24.0. The molecule has 4 rings (SSSR count). The van der Waals surface area contributed by atoms with E-state index in [-0.39, 0.29) is 23.5 Å². The van der Waals surface area contributed by atoms with E-state index >= 15 is 0 Å². The van der Waals surface area contributed by atoms with Gasteiger partial charge < -0.3 is 10.1 Å². The Labute approximate surface area is 199 Å². The average Bonchev–Trinajstić information content (AvgIpc) is 3.18. The number of anilines is 1. The van der Waals surface area contributed by atoms with Crippen LogP contribution < -0.4 is 5.32 Å². The molecule has 2 aromatic heterocycles. The molecule has 10 nitrogen and oxygen atoms in total. The predicted molar refractivity (Wildman–Crippen MR) is 127 cm³/mol. The van der Waals surface area contributed by atoms with Crippen LogP contribution in [0, 0.1) is 20.8 Å². The highest BCUT2D eigenvalue weighted by molar-refractivity contribution is 7.89. The maximum atomic E-state index is 13.3. The van der Waals surface area contributed by atoms with Gasteiger partial charge in [0.1, 0.15) is 5.82 Å². The number of morpholine rings is 1. The van der Waals surface area contributed by atoms with Gasteiger partial charge in [0.25, 0.3) is 11.9 Å². The van der Waals surface area contributed by atoms with Crippen LogP contribution in [0.15, 0.2) is 35.2 Å². The Morgan fingerprint density at radius 1 is 1.03 bits per heavy atom. The number of hydrogen-bond acceptors (Lipinski definition) is 7. The van der Waals surface area contributed by atoms with Crippen LogP contribution >= 0.6 is 0 Å². The van der Waals surface area contributed by atoms with Crippen molar-refractivity contribution in [2.75, 3.05) is 31.6 Å². The number of nitrogens with one attached hydrogen (secondary N) is 1. The van der Waals surface area contributed by atoms with Gasteiger partial charge in [-0.3, -0.25) is 4.79 Å². The molecule has 11 heteroatoms. The van der Waals surface area contributed by atoms with Crippen molar-refractivity contribution in [2.45, 2.75) is 39.0 Å². The Bertz CT molecular complexity index is 1310. The van der Waals surface area contributed by atoms with E-state index in [2.05, 4.69) is 20.4 Å². The Hall–Kier alpha value is -3.15. The molecule has 34 heavy (non-hydrogen) atoms. The lowest BCUT2D eigenvalue weighted by atomic mass is 10.1. The molecule has 3 heterocycles. The predicted octanol–water partition coefficient (Wildman–Crippen LogP) is 2.42. The lowest BCUT2D eigenvalue weighted by molar-refractivity contribution is 0.0730. The molecule has 1 fully saturated rings. The SMILES string of the molecule is CCc1ccc(C(=O)Nc2cc(C)nn2-c2nc(C)cc(C)n2)cc1S(=O)(=O)N1CCOCC1. The Kier molecular flexibility index (Phi) is 6.78. The fourth-order valence-electron chi connectivity index (χ4n) is 3.89. The topological polar surface area (TPSA) is 119 Å². The van der Waals surface area contributed by atoms with Crippen molar-refractivity contribution < 1.29 is 17.9 Å². The molecule has 1 saturated heterocycles. The molecule has 180 valence electrons. The van der Waals surface area contributed by atoms with Crippen LogP contribution in [0.1, 0.15) is 39.9 Å². The summed E-state index contributed by atoms with van der Waals surface area (Å²) in [5.41, 5.74) is 3.13. The average molecular weight is 485 g/mol. The quantitative estimate of drug-likeness (QED) is 0.571. The number of aromatic nitrogens is 4. The summed E-state index contributed by atoms with van der Waals surface area (Å²) in [6.45, 7) is 8.69. The number of amides is 1. The second-order valence-electron chi connectivity index (χ2n) is 8.18. The third-order valence-electron chi connectivity index (χ3n) is 5.53. The first-order valence-electron chi connectivity index (χ1n) is 11.1. The molecule has 1 aliphatic heterocycles. The maximum absolute atomic E-state index is 13.3. The lowest BCUT2D eigenvalue weighted by Crippen LogP contribution is -2.41. The van der Waals surface area contributed by atoms with Crippen molar-refractivity contribution in [3.8, 4) is 5.95 Å². The van der Waals surface area contributed by atoms with Gasteiger partial charge in [0.15, 0.2) is 0 Å². The van der Waals surface area contributed by atoms with Crippen molar-refractivity contribution in [3.05, 3.63) is 58.5 Å². The normalized spacial score (nSPS) is 14.8. The highest BCUT2D eigenvalue weighted by atomic mass is 32.2. The van der Waals surface area contributed by atoms with E-state index in [4.69, 9.17) is 4.74 Å². The monoisotopic (exact) mass is 484 g/mol. The van der Waals surface area contributed by atoms with Gasteiger partial charge in [-0.15, -0.1) is 0 Å². The fraction of sp³-hybridized carbons (Fsp3) is 0.391. The number of hydrogen-bond donors (Lipinski definition) is 1. The van der Waals surface area contributed by atoms with Gasteiger partial charge >= 0.3 is 0 Å². The molecule has 0 saturated carbocycles. The van der Waals surface area contributed by atoms with E-state index in [0.29, 0.717) is 42.7 Å². The zero-order valence-corrected chi connectivity index (χ0v) is 20.5. The summed E-state index contributed by atoms with van der Waals surface area (Å²) in [5, 5.41) is 7.25. The van der Waals surface area contributed by atoms with Gasteiger partial charge in [0.05, 0.1) is 23.8 Å². The van der Waals surface area contributed by atoms with E-state index in [1.54, 1.807) is 25.1 Å². The van der Waals surface area contributed by atoms with Gasteiger partial charge in [0.2, 0.25) is 10.0 Å². The second-order valence-corrected chi connectivity index (χ2v) is 10.1. The van der Waals surface area contributed by atoms with Gasteiger partial charge in [-0.2, -0.15) is 14.1 Å². The number of aryl methyl sites for hydroxylation is 4. The number of sulfonamides is 1. The number of nitrogens with zero attached hydrogens (tertiary/aromatic N) is 5. The van der Waals surface area contributed by atoms with Gasteiger partial charge in [-0.25, -0.2) is 18.4 Å². The molecule has 0 aliphatic carbocycles. The van der Waals surface area contributed by atoms with Crippen molar-refractivity contribution in [1.29, 1.82) is 0 Å². The van der Waals surface area contributed by atoms with Crippen molar-refractivity contribution in [3.63, 3.8) is 0 Å². The Morgan fingerprint density at radius 3 is 2.35 bits per heavy atom. The third kappa shape index (κ3) is 4.86. The van der Waals surface area contributed by atoms with Crippen LogP contribution in [-0.2, 0) is 21.2 Å². The van der Waals surface area contributed by atoms with Crippen LogP contribution in [0.5, 0.6) is 0 Å². The molecule has 1 aromatic carbocycles. The Balaban J connectivity index is 1.67. The minimum absolute atomic E-state index is 0.145. The summed E-state index contributed by atoms with van der Waals surface area (Å²) < 4.78 is 34.8. The van der Waals surface area contributed by atoms with E-state index in [0.717, 1.165) is 11.4 Å². The molecule has 1 amide bonds. The van der Waals surface area contributed by atoms with Gasteiger partial charge in [0, 0.05) is 36.1 Å². The summed E-state index contributed by atoms with van der Waals surface area (Å²) in [7, 11) is -3.75. The van der Waals surface area contributed by atoms with Crippen molar-refractivity contribution >= 4 is 21.7 Å². The summed E-state index contributed by atoms with van der Waals surface area (Å²) in [6, 6.07) is 8.33. The number of carbonyl (C=O) groups is 1. The summed E-state index contributed by atoms with van der Waals surface area (Å²) in [5.74, 6) is 0.286.